The van der Waals surface area contributed by atoms with Gasteiger partial charge in [-0.15, -0.1) is 5.10 Å². The number of carbonyl (C=O) groups is 1. The van der Waals surface area contributed by atoms with Crippen molar-refractivity contribution >= 4 is 28.9 Å². The second-order valence-corrected chi connectivity index (χ2v) is 6.64. The number of halogens is 1. The van der Waals surface area contributed by atoms with Gasteiger partial charge in [0.05, 0.1) is 13.1 Å². The summed E-state index contributed by atoms with van der Waals surface area (Å²) >= 11 is 0. The third-order valence-corrected chi connectivity index (χ3v) is 4.63. The Morgan fingerprint density at radius 2 is 2.37 bits per heavy atom. The average molecular weight is 414 g/mol. The monoisotopic (exact) mass is 414 g/mol. The predicted octanol–water partition coefficient (Wildman–Crippen LogP) is 2.54. The van der Waals surface area contributed by atoms with Gasteiger partial charge in [-0.25, -0.2) is 18.7 Å². The molecule has 0 radical (unpaired) electrons. The minimum absolute atomic E-state index is 0.000711. The number of ether oxygens (including phenoxy) is 1. The van der Waals surface area contributed by atoms with Gasteiger partial charge in [-0.2, -0.15) is 0 Å². The van der Waals surface area contributed by atoms with E-state index < -0.39 is 43.4 Å². The summed E-state index contributed by atoms with van der Waals surface area (Å²) in [6.45, 7) is 2.31. The number of rotatable bonds is 1. The third kappa shape index (κ3) is 3.24. The molecule has 0 saturated carbocycles. The van der Waals surface area contributed by atoms with Crippen LogP contribution in [0, 0.1) is 12.4 Å². The van der Waals surface area contributed by atoms with Crippen LogP contribution in [0.2, 0.25) is 0 Å². The molecule has 3 heterocycles. The summed E-state index contributed by atoms with van der Waals surface area (Å²) in [4.78, 5) is 21.2. The van der Waals surface area contributed by atoms with Gasteiger partial charge in [0.1, 0.15) is 29.1 Å². The number of hydrogen-bond donors (Lipinski definition) is 2. The third-order valence-electron chi connectivity index (χ3n) is 4.63. The van der Waals surface area contributed by atoms with Crippen molar-refractivity contribution in [2.75, 3.05) is 23.7 Å². The summed E-state index contributed by atoms with van der Waals surface area (Å²) in [6.07, 6.45) is 0.674. The quantitative estimate of drug-likeness (QED) is 0.594. The molecule has 154 valence electrons. The molecule has 1 aliphatic heterocycles. The molecule has 1 amide bonds. The Bertz CT molecular complexity index is 1370. The van der Waals surface area contributed by atoms with E-state index in [1.807, 2.05) is 0 Å². The van der Waals surface area contributed by atoms with Crippen LogP contribution in [-0.4, -0.2) is 39.7 Å². The number of nitrogens with one attached hydrogen (secondary N) is 1. The molecule has 2 bridgehead atoms. The molecule has 3 N–H and O–H groups in total. The summed E-state index contributed by atoms with van der Waals surface area (Å²) in [5.41, 5.74) is 5.28. The fourth-order valence-electron chi connectivity index (χ4n) is 3.20. The fourth-order valence-corrected chi connectivity index (χ4v) is 3.20. The highest BCUT2D eigenvalue weighted by Crippen LogP contribution is 2.35. The van der Waals surface area contributed by atoms with Crippen LogP contribution in [0.15, 0.2) is 24.4 Å². The van der Waals surface area contributed by atoms with E-state index in [9.17, 15) is 9.18 Å². The van der Waals surface area contributed by atoms with Crippen LogP contribution in [0.25, 0.3) is 10.5 Å². The number of amides is 1. The van der Waals surface area contributed by atoms with Crippen LogP contribution < -0.4 is 20.7 Å². The Kier molecular flexibility index (Phi) is 3.55. The topological polar surface area (TPSA) is 102 Å². The number of carbonyl (C=O) groups excluding carboxylic acids is 1. The lowest BCUT2D eigenvalue weighted by Crippen LogP contribution is -2.34. The summed E-state index contributed by atoms with van der Waals surface area (Å²) < 4.78 is 61.9. The number of anilines is 2. The molecule has 30 heavy (non-hydrogen) atoms. The number of nitrogens with zero attached hydrogens (tertiary/aromatic N) is 5. The number of benzene rings is 1. The second kappa shape index (κ2) is 7.51. The molecule has 0 fully saturated rings. The van der Waals surface area contributed by atoms with Gasteiger partial charge >= 0.3 is 0 Å². The van der Waals surface area contributed by atoms with Gasteiger partial charge in [0.2, 0.25) is 5.69 Å². The maximum Gasteiger partial charge on any atom is 0.259 e. The van der Waals surface area contributed by atoms with Crippen LogP contribution >= 0.6 is 0 Å². The number of hydrogen-bond acceptors (Lipinski definition) is 6. The highest BCUT2D eigenvalue weighted by molar-refractivity contribution is 6.04. The van der Waals surface area contributed by atoms with E-state index in [-0.39, 0.29) is 40.7 Å². The number of fused-ring (bicyclic) bond motifs is 2. The Morgan fingerprint density at radius 1 is 1.53 bits per heavy atom. The molecule has 2 aromatic heterocycles. The van der Waals surface area contributed by atoms with Crippen molar-refractivity contribution in [3.05, 3.63) is 52.8 Å². The minimum Gasteiger partial charge on any atom is -0.490 e. The average Bonchev–Trinajstić information content (AvgIpc) is 3.11. The van der Waals surface area contributed by atoms with Crippen molar-refractivity contribution in [1.82, 2.24) is 19.9 Å². The zero-order chi connectivity index (χ0) is 25.7. The molecule has 0 saturated heterocycles. The van der Waals surface area contributed by atoms with Gasteiger partial charge < -0.3 is 20.7 Å². The van der Waals surface area contributed by atoms with Crippen LogP contribution in [0.1, 0.15) is 36.6 Å². The molecule has 4 rings (SSSR count). The first-order valence-electron chi connectivity index (χ1n) is 11.4. The molecule has 1 aliphatic rings. The molecule has 0 aliphatic carbocycles. The molecular weight excluding hydrogens is 389 g/mol. The van der Waals surface area contributed by atoms with Crippen molar-refractivity contribution in [2.24, 2.45) is 0 Å². The molecule has 9 nitrogen and oxygen atoms in total. The highest BCUT2D eigenvalue weighted by Gasteiger charge is 2.24. The Hall–Kier alpha value is -3.87. The highest BCUT2D eigenvalue weighted by atomic mass is 19.1. The first-order valence-corrected chi connectivity index (χ1v) is 8.91. The molecule has 1 aromatic carbocycles. The van der Waals surface area contributed by atoms with Crippen molar-refractivity contribution in [3.63, 3.8) is 0 Å². The SMILES string of the molecule is [2H]C([2H])([2H])C([2H])([2H])N1Cc2c(ccc(F)c2[N+]#[C-])O[C@@H](C)CNC(=O)c2c(N)nn3ccc1nc23. The van der Waals surface area contributed by atoms with Gasteiger partial charge in [-0.05, 0) is 32.0 Å². The standard InChI is InChI=1S/C20H20FN7O2/c1-4-27-10-12-14(6-5-13(21)17(12)23-3)30-11(2)9-24-20(29)16-18(22)26-28-8-7-15(27)25-19(16)28/h5-8,11H,4,9-10H2,1-2H3,(H2,22,26)(H,24,29)/t11-/m0/s1/i1D3,4D2. The van der Waals surface area contributed by atoms with Crippen LogP contribution in [-0.2, 0) is 6.54 Å². The Labute approximate surface area is 179 Å². The number of aromatic nitrogens is 3. The van der Waals surface area contributed by atoms with Gasteiger partial charge in [-0.1, -0.05) is 0 Å². The first-order chi connectivity index (χ1) is 16.3. The van der Waals surface area contributed by atoms with Crippen LogP contribution in [0.5, 0.6) is 5.75 Å². The lowest BCUT2D eigenvalue weighted by Gasteiger charge is -2.25. The van der Waals surface area contributed by atoms with Gasteiger partial charge in [0, 0.05) is 31.7 Å². The van der Waals surface area contributed by atoms with E-state index in [1.54, 1.807) is 6.92 Å². The van der Waals surface area contributed by atoms with Crippen molar-refractivity contribution < 1.29 is 20.8 Å². The molecule has 0 unspecified atom stereocenters. The lowest BCUT2D eigenvalue weighted by atomic mass is 10.1. The normalized spacial score (nSPS) is 20.0. The van der Waals surface area contributed by atoms with Crippen molar-refractivity contribution in [1.29, 1.82) is 0 Å². The summed E-state index contributed by atoms with van der Waals surface area (Å²) in [5, 5.41) is 6.69. The van der Waals surface area contributed by atoms with Crippen molar-refractivity contribution in [2.45, 2.75) is 26.4 Å². The fraction of sp³-hybridized carbons (Fsp3) is 0.300. The van der Waals surface area contributed by atoms with E-state index >= 15 is 0 Å². The molecule has 10 heteroatoms. The Balaban J connectivity index is 2.03. The van der Waals surface area contributed by atoms with E-state index in [4.69, 9.17) is 23.9 Å². The first kappa shape index (κ1) is 14.2. The zero-order valence-corrected chi connectivity index (χ0v) is 15.8. The lowest BCUT2D eigenvalue weighted by molar-refractivity contribution is 0.0934. The summed E-state index contributed by atoms with van der Waals surface area (Å²) in [6, 6.07) is 3.58. The molecule has 3 aromatic rings. The number of nitrogens with two attached hydrogens (primary N) is 1. The molecular formula is C20H20FN7O2. The molecule has 0 spiro atoms. The van der Waals surface area contributed by atoms with E-state index in [2.05, 4.69) is 20.2 Å². The zero-order valence-electron chi connectivity index (χ0n) is 20.8. The maximum atomic E-state index is 14.6. The Morgan fingerprint density at radius 3 is 3.13 bits per heavy atom. The van der Waals surface area contributed by atoms with Gasteiger partial charge in [0.15, 0.2) is 11.5 Å². The second-order valence-electron chi connectivity index (χ2n) is 6.64. The predicted molar refractivity (Wildman–Crippen MR) is 109 cm³/mol. The summed E-state index contributed by atoms with van der Waals surface area (Å²) in [7, 11) is 0. The van der Waals surface area contributed by atoms with E-state index in [0.717, 1.165) is 11.0 Å². The largest absolute Gasteiger partial charge is 0.490 e. The van der Waals surface area contributed by atoms with Gasteiger partial charge in [-0.3, -0.25) is 4.79 Å². The smallest absolute Gasteiger partial charge is 0.259 e. The number of nitrogen functional groups attached to an aromatic ring is 1. The molecule has 1 atom stereocenters. The van der Waals surface area contributed by atoms with Crippen molar-refractivity contribution in [3.8, 4) is 5.75 Å². The van der Waals surface area contributed by atoms with Crippen LogP contribution in [0.3, 0.4) is 0 Å². The maximum absolute atomic E-state index is 14.6. The minimum atomic E-state index is -3.17. The summed E-state index contributed by atoms with van der Waals surface area (Å²) in [5.74, 6) is -1.80. The van der Waals surface area contributed by atoms with Gasteiger partial charge in [0.25, 0.3) is 5.91 Å². The van der Waals surface area contributed by atoms with E-state index in [0.29, 0.717) is 0 Å². The van der Waals surface area contributed by atoms with E-state index in [1.165, 1.54) is 22.8 Å². The van der Waals surface area contributed by atoms with Crippen LogP contribution in [0.4, 0.5) is 21.7 Å².